The lowest BCUT2D eigenvalue weighted by molar-refractivity contribution is 0.0933. The van der Waals surface area contributed by atoms with E-state index in [4.69, 9.17) is 0 Å². The molecule has 0 amide bonds. The molecule has 1 aromatic heterocycles. The number of rotatable bonds is 6. The highest BCUT2D eigenvalue weighted by molar-refractivity contribution is 7.90. The average molecular weight is 349 g/mol. The first-order valence-corrected chi connectivity index (χ1v) is 9.35. The van der Waals surface area contributed by atoms with Gasteiger partial charge < -0.3 is 5.11 Å². The van der Waals surface area contributed by atoms with E-state index in [2.05, 4.69) is 0 Å². The Balaban J connectivity index is 2.66. The second-order valence-electron chi connectivity index (χ2n) is 6.48. The summed E-state index contributed by atoms with van der Waals surface area (Å²) in [5.74, 6) is -0.729. The van der Waals surface area contributed by atoms with Crippen molar-refractivity contribution in [2.24, 2.45) is 11.8 Å². The van der Waals surface area contributed by atoms with Crippen molar-refractivity contribution in [2.75, 3.05) is 0 Å². The first-order chi connectivity index (χ1) is 11.2. The Morgan fingerprint density at radius 2 is 1.67 bits per heavy atom. The number of nitrogens with zero attached hydrogens (tertiary/aromatic N) is 1. The van der Waals surface area contributed by atoms with Crippen LogP contribution in [0.2, 0.25) is 0 Å². The van der Waals surface area contributed by atoms with Crippen molar-refractivity contribution in [3.8, 4) is 0 Å². The number of aliphatic hydroxyl groups excluding tert-OH is 1. The van der Waals surface area contributed by atoms with E-state index >= 15 is 0 Å². The van der Waals surface area contributed by atoms with Crippen LogP contribution in [0.4, 0.5) is 0 Å². The molecule has 6 heteroatoms. The fourth-order valence-corrected chi connectivity index (χ4v) is 3.78. The minimum atomic E-state index is -3.90. The predicted molar refractivity (Wildman–Crippen MR) is 92.4 cm³/mol. The third-order valence-corrected chi connectivity index (χ3v) is 5.54. The highest BCUT2D eigenvalue weighted by Gasteiger charge is 2.27. The zero-order valence-electron chi connectivity index (χ0n) is 14.3. The Labute approximate surface area is 143 Å². The molecular weight excluding hydrogens is 326 g/mol. The van der Waals surface area contributed by atoms with Gasteiger partial charge in [0.05, 0.1) is 11.0 Å². The van der Waals surface area contributed by atoms with Gasteiger partial charge in [0, 0.05) is 17.7 Å². The van der Waals surface area contributed by atoms with Crippen LogP contribution in [0, 0.1) is 11.8 Å². The molecule has 0 fully saturated rings. The molecule has 24 heavy (non-hydrogen) atoms. The highest BCUT2D eigenvalue weighted by atomic mass is 32.2. The van der Waals surface area contributed by atoms with Gasteiger partial charge in [-0.25, -0.2) is 12.4 Å². The number of benzene rings is 1. The van der Waals surface area contributed by atoms with Crippen LogP contribution < -0.4 is 0 Å². The second-order valence-corrected chi connectivity index (χ2v) is 8.30. The molecule has 5 nitrogen and oxygen atoms in total. The van der Waals surface area contributed by atoms with E-state index in [9.17, 15) is 18.3 Å². The first kappa shape index (κ1) is 18.4. The van der Waals surface area contributed by atoms with Crippen LogP contribution in [0.15, 0.2) is 47.5 Å². The molecule has 0 spiro atoms. The van der Waals surface area contributed by atoms with Gasteiger partial charge in [0.25, 0.3) is 10.0 Å². The first-order valence-electron chi connectivity index (χ1n) is 7.91. The predicted octanol–water partition coefficient (Wildman–Crippen LogP) is 3.25. The van der Waals surface area contributed by atoms with Crippen LogP contribution in [0.5, 0.6) is 0 Å². The molecule has 1 unspecified atom stereocenters. The van der Waals surface area contributed by atoms with Gasteiger partial charge in [-0.05, 0) is 24.1 Å². The molecular formula is C18H23NO4S. The van der Waals surface area contributed by atoms with Gasteiger partial charge in [0.2, 0.25) is 0 Å². The van der Waals surface area contributed by atoms with Gasteiger partial charge in [-0.15, -0.1) is 0 Å². The maximum atomic E-state index is 12.9. The van der Waals surface area contributed by atoms with Crippen LogP contribution in [0.25, 0.3) is 0 Å². The molecule has 2 rings (SSSR count). The lowest BCUT2D eigenvalue weighted by Crippen LogP contribution is -2.20. The summed E-state index contributed by atoms with van der Waals surface area (Å²) in [6, 6.07) is 9.43. The summed E-state index contributed by atoms with van der Waals surface area (Å²) >= 11 is 0. The van der Waals surface area contributed by atoms with Crippen molar-refractivity contribution in [1.82, 2.24) is 3.97 Å². The van der Waals surface area contributed by atoms with Gasteiger partial charge in [-0.1, -0.05) is 45.9 Å². The van der Waals surface area contributed by atoms with E-state index in [1.54, 1.807) is 32.0 Å². The summed E-state index contributed by atoms with van der Waals surface area (Å²) in [7, 11) is -3.90. The molecule has 130 valence electrons. The SMILES string of the molecule is CC(C)C(=O)c1cc(C(O)C(C)C)cn1S(=O)(=O)c1ccccc1. The third kappa shape index (κ3) is 3.44. The molecule has 0 aliphatic rings. The fraction of sp³-hybridized carbons (Fsp3) is 0.389. The van der Waals surface area contributed by atoms with Gasteiger partial charge in [0.15, 0.2) is 5.78 Å². The molecule has 0 saturated heterocycles. The van der Waals surface area contributed by atoms with E-state index in [-0.39, 0.29) is 28.2 Å². The van der Waals surface area contributed by atoms with Gasteiger partial charge in [-0.3, -0.25) is 4.79 Å². The van der Waals surface area contributed by atoms with Crippen LogP contribution >= 0.6 is 0 Å². The Hall–Kier alpha value is -1.92. The largest absolute Gasteiger partial charge is 0.388 e. The van der Waals surface area contributed by atoms with Gasteiger partial charge >= 0.3 is 0 Å². The molecule has 0 saturated carbocycles. The Kier molecular flexibility index (Phi) is 5.30. The molecule has 0 radical (unpaired) electrons. The van der Waals surface area contributed by atoms with Crippen LogP contribution in [-0.4, -0.2) is 23.3 Å². The van der Waals surface area contributed by atoms with Crippen molar-refractivity contribution < 1.29 is 18.3 Å². The summed E-state index contributed by atoms with van der Waals surface area (Å²) < 4.78 is 26.8. The number of ketones is 1. The second kappa shape index (κ2) is 6.91. The number of hydrogen-bond acceptors (Lipinski definition) is 4. The quantitative estimate of drug-likeness (QED) is 0.812. The molecule has 2 aromatic rings. The highest BCUT2D eigenvalue weighted by Crippen LogP contribution is 2.27. The Bertz CT molecular complexity index is 820. The summed E-state index contributed by atoms with van der Waals surface area (Å²) in [6.07, 6.45) is 0.513. The molecule has 1 atom stereocenters. The number of hydrogen-bond donors (Lipinski definition) is 1. The number of aliphatic hydroxyl groups is 1. The standard InChI is InChI=1S/C18H23NO4S/c1-12(2)17(20)14-10-16(18(21)13(3)4)19(11-14)24(22,23)15-8-6-5-7-9-15/h5-13,17,20H,1-4H3. The topological polar surface area (TPSA) is 76.4 Å². The summed E-state index contributed by atoms with van der Waals surface area (Å²) in [4.78, 5) is 12.6. The zero-order chi connectivity index (χ0) is 18.1. The van der Waals surface area contributed by atoms with E-state index in [0.29, 0.717) is 5.56 Å². The number of aromatic nitrogens is 1. The minimum absolute atomic E-state index is 0.0727. The Morgan fingerprint density at radius 3 is 2.17 bits per heavy atom. The van der Waals surface area contributed by atoms with Crippen molar-refractivity contribution in [3.05, 3.63) is 53.9 Å². The van der Waals surface area contributed by atoms with Crippen molar-refractivity contribution >= 4 is 15.8 Å². The normalized spacial score (nSPS) is 13.5. The molecule has 1 N–H and O–H groups in total. The lowest BCUT2D eigenvalue weighted by atomic mass is 10.0. The van der Waals surface area contributed by atoms with Crippen molar-refractivity contribution in [3.63, 3.8) is 0 Å². The summed E-state index contributed by atoms with van der Waals surface area (Å²) in [5, 5.41) is 10.3. The van der Waals surface area contributed by atoms with Crippen molar-refractivity contribution in [1.29, 1.82) is 0 Å². The van der Waals surface area contributed by atoms with Crippen molar-refractivity contribution in [2.45, 2.75) is 38.7 Å². The van der Waals surface area contributed by atoms with E-state index in [1.165, 1.54) is 24.4 Å². The van der Waals surface area contributed by atoms with Crippen LogP contribution in [-0.2, 0) is 10.0 Å². The third-order valence-electron chi connectivity index (χ3n) is 3.86. The van der Waals surface area contributed by atoms with Gasteiger partial charge in [-0.2, -0.15) is 0 Å². The molecule has 0 bridgehead atoms. The van der Waals surface area contributed by atoms with Crippen LogP contribution in [0.1, 0.15) is 49.9 Å². The number of Topliss-reactive ketones (excluding diaryl/α,β-unsaturated/α-hetero) is 1. The molecule has 1 aromatic carbocycles. The minimum Gasteiger partial charge on any atom is -0.388 e. The number of carbonyl (C=O) groups is 1. The van der Waals surface area contributed by atoms with E-state index in [0.717, 1.165) is 3.97 Å². The lowest BCUT2D eigenvalue weighted by Gasteiger charge is -2.12. The van der Waals surface area contributed by atoms with E-state index in [1.807, 2.05) is 13.8 Å². The molecule has 0 aliphatic carbocycles. The van der Waals surface area contributed by atoms with E-state index < -0.39 is 16.1 Å². The number of carbonyl (C=O) groups excluding carboxylic acids is 1. The zero-order valence-corrected chi connectivity index (χ0v) is 15.1. The maximum absolute atomic E-state index is 12.9. The smallest absolute Gasteiger partial charge is 0.268 e. The molecule has 1 heterocycles. The Morgan fingerprint density at radius 1 is 1.08 bits per heavy atom. The fourth-order valence-electron chi connectivity index (χ4n) is 2.39. The average Bonchev–Trinajstić information content (AvgIpc) is 2.99. The summed E-state index contributed by atoms with van der Waals surface area (Å²) in [6.45, 7) is 7.09. The van der Waals surface area contributed by atoms with Gasteiger partial charge in [0.1, 0.15) is 5.69 Å². The maximum Gasteiger partial charge on any atom is 0.268 e. The summed E-state index contributed by atoms with van der Waals surface area (Å²) in [5.41, 5.74) is 0.497. The van der Waals surface area contributed by atoms with Crippen LogP contribution in [0.3, 0.4) is 0 Å². The monoisotopic (exact) mass is 349 g/mol. The molecule has 0 aliphatic heterocycles.